The van der Waals surface area contributed by atoms with Crippen LogP contribution in [0.3, 0.4) is 0 Å². The molecule has 1 aliphatic rings. The number of hydrogen-bond acceptors (Lipinski definition) is 3. The van der Waals surface area contributed by atoms with Crippen molar-refractivity contribution in [3.8, 4) is 0 Å². The SMILES string of the molecule is O=C(CC1C=CCC1)Nc1ccc(N=Nc2ccccc2)cc1. The van der Waals surface area contributed by atoms with E-state index in [9.17, 15) is 4.79 Å². The van der Waals surface area contributed by atoms with Crippen LogP contribution >= 0.6 is 0 Å². The molecule has 0 saturated heterocycles. The van der Waals surface area contributed by atoms with Crippen LogP contribution in [0.4, 0.5) is 17.1 Å². The average molecular weight is 305 g/mol. The van der Waals surface area contributed by atoms with Gasteiger partial charge in [0.25, 0.3) is 0 Å². The molecule has 0 bridgehead atoms. The highest BCUT2D eigenvalue weighted by Gasteiger charge is 2.13. The molecule has 0 heterocycles. The number of benzene rings is 2. The van der Waals surface area contributed by atoms with Crippen molar-refractivity contribution < 1.29 is 4.79 Å². The Kier molecular flexibility index (Phi) is 4.94. The summed E-state index contributed by atoms with van der Waals surface area (Å²) in [6, 6.07) is 17.0. The van der Waals surface area contributed by atoms with Crippen LogP contribution in [0, 0.1) is 5.92 Å². The normalized spacial score (nSPS) is 16.8. The van der Waals surface area contributed by atoms with Gasteiger partial charge in [0.2, 0.25) is 5.91 Å². The Morgan fingerprint density at radius 1 is 1.00 bits per heavy atom. The number of nitrogens with one attached hydrogen (secondary N) is 1. The van der Waals surface area contributed by atoms with E-state index in [4.69, 9.17) is 0 Å². The van der Waals surface area contributed by atoms with Crippen LogP contribution in [-0.4, -0.2) is 5.91 Å². The van der Waals surface area contributed by atoms with E-state index in [1.807, 2.05) is 54.6 Å². The molecule has 1 atom stereocenters. The summed E-state index contributed by atoms with van der Waals surface area (Å²) in [4.78, 5) is 12.0. The van der Waals surface area contributed by atoms with Crippen molar-refractivity contribution in [2.75, 3.05) is 5.32 Å². The molecule has 3 rings (SSSR count). The Morgan fingerprint density at radius 2 is 1.70 bits per heavy atom. The van der Waals surface area contributed by atoms with Gasteiger partial charge in [-0.25, -0.2) is 0 Å². The van der Waals surface area contributed by atoms with Crippen LogP contribution in [0.2, 0.25) is 0 Å². The number of azo groups is 1. The van der Waals surface area contributed by atoms with Crippen molar-refractivity contribution in [2.45, 2.75) is 19.3 Å². The Bertz CT molecular complexity index is 705. The molecule has 23 heavy (non-hydrogen) atoms. The first-order valence-corrected chi connectivity index (χ1v) is 7.83. The van der Waals surface area contributed by atoms with Crippen molar-refractivity contribution in [1.29, 1.82) is 0 Å². The highest BCUT2D eigenvalue weighted by molar-refractivity contribution is 5.91. The minimum absolute atomic E-state index is 0.0558. The molecule has 0 saturated carbocycles. The van der Waals surface area contributed by atoms with Gasteiger partial charge in [0.1, 0.15) is 0 Å². The van der Waals surface area contributed by atoms with Crippen LogP contribution in [0.25, 0.3) is 0 Å². The van der Waals surface area contributed by atoms with Gasteiger partial charge in [0.05, 0.1) is 11.4 Å². The molecule has 1 unspecified atom stereocenters. The van der Waals surface area contributed by atoms with Crippen molar-refractivity contribution in [2.24, 2.45) is 16.1 Å². The monoisotopic (exact) mass is 305 g/mol. The Balaban J connectivity index is 1.55. The Hall–Kier alpha value is -2.75. The van der Waals surface area contributed by atoms with Crippen molar-refractivity contribution in [3.05, 3.63) is 66.7 Å². The molecule has 0 radical (unpaired) electrons. The molecule has 0 spiro atoms. The largest absolute Gasteiger partial charge is 0.326 e. The van der Waals surface area contributed by atoms with Gasteiger partial charge in [-0.3, -0.25) is 4.79 Å². The molecule has 0 fully saturated rings. The summed E-state index contributed by atoms with van der Waals surface area (Å²) in [5, 5.41) is 11.3. The van der Waals surface area contributed by atoms with Gasteiger partial charge in [0.15, 0.2) is 0 Å². The van der Waals surface area contributed by atoms with Crippen LogP contribution in [0.1, 0.15) is 19.3 Å². The maximum Gasteiger partial charge on any atom is 0.224 e. The van der Waals surface area contributed by atoms with E-state index in [0.717, 1.165) is 29.9 Å². The lowest BCUT2D eigenvalue weighted by atomic mass is 10.1. The number of allylic oxidation sites excluding steroid dienone is 2. The van der Waals surface area contributed by atoms with Gasteiger partial charge in [-0.05, 0) is 55.2 Å². The Morgan fingerprint density at radius 3 is 2.35 bits per heavy atom. The maximum absolute atomic E-state index is 12.0. The van der Waals surface area contributed by atoms with Gasteiger partial charge in [0, 0.05) is 12.1 Å². The molecule has 1 N–H and O–H groups in total. The highest BCUT2D eigenvalue weighted by atomic mass is 16.1. The van der Waals surface area contributed by atoms with Crippen LogP contribution in [0.5, 0.6) is 0 Å². The lowest BCUT2D eigenvalue weighted by Crippen LogP contribution is -2.14. The lowest BCUT2D eigenvalue weighted by Gasteiger charge is -2.08. The first-order valence-electron chi connectivity index (χ1n) is 7.83. The fourth-order valence-corrected chi connectivity index (χ4v) is 2.54. The Labute approximate surface area is 136 Å². The van der Waals surface area contributed by atoms with E-state index < -0.39 is 0 Å². The molecular weight excluding hydrogens is 286 g/mol. The molecule has 2 aromatic carbocycles. The van der Waals surface area contributed by atoms with Gasteiger partial charge in [-0.15, -0.1) is 0 Å². The lowest BCUT2D eigenvalue weighted by molar-refractivity contribution is -0.116. The summed E-state index contributed by atoms with van der Waals surface area (Å²) >= 11 is 0. The zero-order chi connectivity index (χ0) is 15.9. The van der Waals surface area contributed by atoms with Crippen LogP contribution in [0.15, 0.2) is 77.0 Å². The predicted octanol–water partition coefficient (Wildman–Crippen LogP) is 5.40. The van der Waals surface area contributed by atoms with Crippen LogP contribution in [-0.2, 0) is 4.79 Å². The van der Waals surface area contributed by atoms with Crippen molar-refractivity contribution in [1.82, 2.24) is 0 Å². The predicted molar refractivity (Wildman–Crippen MR) is 92.2 cm³/mol. The third-order valence-corrected chi connectivity index (χ3v) is 3.75. The third-order valence-electron chi connectivity index (χ3n) is 3.75. The standard InChI is InChI=1S/C19H19N3O/c23-19(14-15-6-4-5-7-15)20-16-10-12-18(13-11-16)22-21-17-8-2-1-3-9-17/h1-4,6,8-13,15H,5,7,14H2,(H,20,23). The van der Waals surface area contributed by atoms with Crippen LogP contribution < -0.4 is 5.32 Å². The second kappa shape index (κ2) is 7.49. The molecule has 116 valence electrons. The van der Waals surface area contributed by atoms with E-state index in [1.54, 1.807) is 0 Å². The molecular formula is C19H19N3O. The second-order valence-corrected chi connectivity index (χ2v) is 5.60. The van der Waals surface area contributed by atoms with Gasteiger partial charge < -0.3 is 5.32 Å². The summed E-state index contributed by atoms with van der Waals surface area (Å²) in [6.45, 7) is 0. The van der Waals surface area contributed by atoms with E-state index >= 15 is 0 Å². The smallest absolute Gasteiger partial charge is 0.224 e. The first-order chi connectivity index (χ1) is 11.3. The zero-order valence-corrected chi connectivity index (χ0v) is 12.9. The minimum atomic E-state index is 0.0558. The molecule has 2 aromatic rings. The summed E-state index contributed by atoms with van der Waals surface area (Å²) in [6.07, 6.45) is 6.98. The quantitative estimate of drug-likeness (QED) is 0.584. The first kappa shape index (κ1) is 15.2. The van der Waals surface area contributed by atoms with E-state index in [0.29, 0.717) is 12.3 Å². The molecule has 0 aromatic heterocycles. The maximum atomic E-state index is 12.0. The average Bonchev–Trinajstić information content (AvgIpc) is 3.08. The summed E-state index contributed by atoms with van der Waals surface area (Å²) in [5.41, 5.74) is 2.36. The van der Waals surface area contributed by atoms with E-state index in [2.05, 4.69) is 27.7 Å². The van der Waals surface area contributed by atoms with E-state index in [1.165, 1.54) is 0 Å². The van der Waals surface area contributed by atoms with Crippen molar-refractivity contribution >= 4 is 23.0 Å². The zero-order valence-electron chi connectivity index (χ0n) is 12.9. The fraction of sp³-hybridized carbons (Fsp3) is 0.211. The number of amides is 1. The highest BCUT2D eigenvalue weighted by Crippen LogP contribution is 2.22. The van der Waals surface area contributed by atoms with Crippen molar-refractivity contribution in [3.63, 3.8) is 0 Å². The number of hydrogen-bond donors (Lipinski definition) is 1. The van der Waals surface area contributed by atoms with Gasteiger partial charge in [-0.1, -0.05) is 30.4 Å². The van der Waals surface area contributed by atoms with E-state index in [-0.39, 0.29) is 5.91 Å². The second-order valence-electron chi connectivity index (χ2n) is 5.60. The number of nitrogens with zero attached hydrogens (tertiary/aromatic N) is 2. The molecule has 1 amide bonds. The summed E-state index contributed by atoms with van der Waals surface area (Å²) in [7, 11) is 0. The number of carbonyl (C=O) groups is 1. The van der Waals surface area contributed by atoms with Gasteiger partial charge >= 0.3 is 0 Å². The molecule has 4 nitrogen and oxygen atoms in total. The number of carbonyl (C=O) groups excluding carboxylic acids is 1. The molecule has 4 heteroatoms. The molecule has 0 aliphatic heterocycles. The molecule has 1 aliphatic carbocycles. The number of rotatable bonds is 5. The van der Waals surface area contributed by atoms with Gasteiger partial charge in [-0.2, -0.15) is 10.2 Å². The topological polar surface area (TPSA) is 53.8 Å². The fourth-order valence-electron chi connectivity index (χ4n) is 2.54. The summed E-state index contributed by atoms with van der Waals surface area (Å²) in [5.74, 6) is 0.439. The minimum Gasteiger partial charge on any atom is -0.326 e. The third kappa shape index (κ3) is 4.61. The number of anilines is 1. The summed E-state index contributed by atoms with van der Waals surface area (Å²) < 4.78 is 0.